The Balaban J connectivity index is 4.12. The molecular weight excluding hydrogens is 663 g/mol. The predicted molar refractivity (Wildman–Crippen MR) is 211 cm³/mol. The molecule has 0 heterocycles. The van der Waals surface area contributed by atoms with E-state index in [1.165, 1.54) is 64.2 Å². The van der Waals surface area contributed by atoms with E-state index in [1.807, 2.05) is 12.2 Å². The minimum absolute atomic E-state index is 0.0836. The molecule has 0 radical (unpaired) electrons. The molecule has 9 heteroatoms. The number of hydrogen-bond donors (Lipinski definition) is 2. The van der Waals surface area contributed by atoms with Gasteiger partial charge >= 0.3 is 19.8 Å². The number of allylic oxidation sites excluding steroid dienone is 12. The van der Waals surface area contributed by atoms with E-state index in [1.54, 1.807) is 0 Å². The number of unbranched alkanes of at least 4 members (excludes halogenated alkanes) is 13. The minimum Gasteiger partial charge on any atom is -0.462 e. The predicted octanol–water partition coefficient (Wildman–Crippen LogP) is 11.9. The number of phosphoric ester groups is 1. The van der Waals surface area contributed by atoms with Crippen LogP contribution in [0.4, 0.5) is 0 Å². The van der Waals surface area contributed by atoms with E-state index in [2.05, 4.69) is 79.1 Å². The first kappa shape index (κ1) is 48.5. The molecule has 0 aromatic heterocycles. The van der Waals surface area contributed by atoms with Gasteiger partial charge in [-0.15, -0.1) is 0 Å². The second kappa shape index (κ2) is 37.3. The summed E-state index contributed by atoms with van der Waals surface area (Å²) in [6.45, 7) is 3.56. The summed E-state index contributed by atoms with van der Waals surface area (Å²) in [4.78, 5) is 42.7. The Morgan fingerprint density at radius 1 is 0.510 bits per heavy atom. The van der Waals surface area contributed by atoms with Gasteiger partial charge in [-0.2, -0.15) is 0 Å². The normalized spacial score (nSPS) is 13.3. The molecule has 0 aliphatic rings. The zero-order valence-corrected chi connectivity index (χ0v) is 32.9. The van der Waals surface area contributed by atoms with E-state index >= 15 is 0 Å². The van der Waals surface area contributed by atoms with Gasteiger partial charge in [-0.25, -0.2) is 4.57 Å². The number of hydrogen-bond acceptors (Lipinski definition) is 6. The Labute approximate surface area is 310 Å². The summed E-state index contributed by atoms with van der Waals surface area (Å²) in [5, 5.41) is 0. The summed E-state index contributed by atoms with van der Waals surface area (Å²) in [6, 6.07) is 0. The van der Waals surface area contributed by atoms with Crippen LogP contribution in [0.3, 0.4) is 0 Å². The van der Waals surface area contributed by atoms with Gasteiger partial charge in [-0.3, -0.25) is 14.1 Å². The van der Waals surface area contributed by atoms with E-state index in [4.69, 9.17) is 19.3 Å². The maximum Gasteiger partial charge on any atom is 0.469 e. The number of ether oxygens (including phenoxy) is 2. The summed E-state index contributed by atoms with van der Waals surface area (Å²) < 4.78 is 26.2. The molecule has 0 saturated heterocycles. The second-order valence-corrected chi connectivity index (χ2v) is 14.1. The molecule has 51 heavy (non-hydrogen) atoms. The molecule has 0 amide bonds. The van der Waals surface area contributed by atoms with Crippen molar-refractivity contribution >= 4 is 19.8 Å². The number of esters is 2. The van der Waals surface area contributed by atoms with Crippen molar-refractivity contribution in [2.24, 2.45) is 0 Å². The van der Waals surface area contributed by atoms with Crippen molar-refractivity contribution in [1.82, 2.24) is 0 Å². The largest absolute Gasteiger partial charge is 0.469 e. The highest BCUT2D eigenvalue weighted by Crippen LogP contribution is 2.35. The zero-order chi connectivity index (χ0) is 37.5. The van der Waals surface area contributed by atoms with Gasteiger partial charge < -0.3 is 19.3 Å². The van der Waals surface area contributed by atoms with Crippen LogP contribution in [0.1, 0.15) is 162 Å². The van der Waals surface area contributed by atoms with Gasteiger partial charge in [0, 0.05) is 12.8 Å². The first-order chi connectivity index (χ1) is 24.8. The highest BCUT2D eigenvalue weighted by Gasteiger charge is 2.22. The molecule has 0 fully saturated rings. The molecule has 0 unspecified atom stereocenters. The SMILES string of the molecule is CCCCC/C=C/C/C=C/C/C=C/C/C=C/C/C=C/CCC(=O)O[C@H](COC(=O)CCCCCCC/C=C/CCCCCCC)COP(=O)(O)O. The van der Waals surface area contributed by atoms with E-state index in [9.17, 15) is 14.2 Å². The highest BCUT2D eigenvalue weighted by molar-refractivity contribution is 7.46. The van der Waals surface area contributed by atoms with Crippen LogP contribution in [0, 0.1) is 0 Å². The van der Waals surface area contributed by atoms with Crippen LogP contribution in [0.5, 0.6) is 0 Å². The van der Waals surface area contributed by atoms with Gasteiger partial charge in [0.25, 0.3) is 0 Å². The van der Waals surface area contributed by atoms with Crippen molar-refractivity contribution in [2.75, 3.05) is 13.2 Å². The Hall–Kier alpha value is -2.51. The number of phosphoric acid groups is 1. The lowest BCUT2D eigenvalue weighted by molar-refractivity contribution is -0.161. The lowest BCUT2D eigenvalue weighted by atomic mass is 10.1. The molecule has 292 valence electrons. The summed E-state index contributed by atoms with van der Waals surface area (Å²) in [5.41, 5.74) is 0. The molecular formula is C42H71O8P. The van der Waals surface area contributed by atoms with Crippen molar-refractivity contribution in [3.05, 3.63) is 72.9 Å². The fourth-order valence-corrected chi connectivity index (χ4v) is 5.36. The third-order valence-electron chi connectivity index (χ3n) is 7.96. The third kappa shape index (κ3) is 40.1. The van der Waals surface area contributed by atoms with Crippen LogP contribution in [-0.4, -0.2) is 41.0 Å². The fraction of sp³-hybridized carbons (Fsp3) is 0.667. The van der Waals surface area contributed by atoms with Crippen molar-refractivity contribution < 1.29 is 37.9 Å². The van der Waals surface area contributed by atoms with E-state index in [0.29, 0.717) is 12.8 Å². The maximum absolute atomic E-state index is 12.3. The van der Waals surface area contributed by atoms with Gasteiger partial charge in [0.1, 0.15) is 6.61 Å². The van der Waals surface area contributed by atoms with Crippen molar-refractivity contribution in [3.8, 4) is 0 Å². The van der Waals surface area contributed by atoms with Crippen LogP contribution >= 0.6 is 7.82 Å². The van der Waals surface area contributed by atoms with E-state index in [0.717, 1.165) is 57.8 Å². The smallest absolute Gasteiger partial charge is 0.462 e. The lowest BCUT2D eigenvalue weighted by Gasteiger charge is -2.18. The Morgan fingerprint density at radius 2 is 0.922 bits per heavy atom. The highest BCUT2D eigenvalue weighted by atomic mass is 31.2. The van der Waals surface area contributed by atoms with Crippen molar-refractivity contribution in [1.29, 1.82) is 0 Å². The second-order valence-electron chi connectivity index (χ2n) is 12.9. The molecule has 0 aliphatic carbocycles. The molecule has 0 aliphatic heterocycles. The molecule has 2 N–H and O–H groups in total. The van der Waals surface area contributed by atoms with Gasteiger partial charge in [0.2, 0.25) is 0 Å². The summed E-state index contributed by atoms with van der Waals surface area (Å²) in [7, 11) is -4.78. The van der Waals surface area contributed by atoms with E-state index < -0.39 is 32.5 Å². The van der Waals surface area contributed by atoms with Crippen LogP contribution < -0.4 is 0 Å². The Kier molecular flexibility index (Phi) is 35.4. The van der Waals surface area contributed by atoms with Gasteiger partial charge in [0.05, 0.1) is 6.61 Å². The standard InChI is InChI=1S/C42H71O8P/c1-3-5-7-9-11-13-15-17-19-20-21-22-23-25-27-29-31-33-35-37-42(44)50-40(39-49-51(45,46)47)38-48-41(43)36-34-32-30-28-26-24-18-16-14-12-10-8-6-4-2/h11,13,16-19,21-22,25,27,31,33,40H,3-10,12,14-15,20,23-24,26,28-30,32,34-39H2,1-2H3,(H2,45,46,47)/b13-11+,18-16+,19-17+,22-21+,27-25+,33-31+/t40-/m1/s1. The first-order valence-electron chi connectivity index (χ1n) is 19.7. The molecule has 0 bridgehead atoms. The fourth-order valence-electron chi connectivity index (χ4n) is 5.00. The van der Waals surface area contributed by atoms with Crippen molar-refractivity contribution in [3.63, 3.8) is 0 Å². The zero-order valence-electron chi connectivity index (χ0n) is 32.0. The van der Waals surface area contributed by atoms with Crippen LogP contribution in [-0.2, 0) is 28.2 Å². The molecule has 1 atom stereocenters. The maximum atomic E-state index is 12.3. The lowest BCUT2D eigenvalue weighted by Crippen LogP contribution is -2.29. The quantitative estimate of drug-likeness (QED) is 0.0286. The van der Waals surface area contributed by atoms with Crippen molar-refractivity contribution in [2.45, 2.75) is 168 Å². The number of rotatable bonds is 35. The van der Waals surface area contributed by atoms with Gasteiger partial charge in [-0.1, -0.05) is 145 Å². The summed E-state index contributed by atoms with van der Waals surface area (Å²) in [6.07, 6.45) is 47.7. The molecule has 8 nitrogen and oxygen atoms in total. The molecule has 0 rings (SSSR count). The van der Waals surface area contributed by atoms with E-state index in [-0.39, 0.29) is 19.4 Å². The Bertz CT molecular complexity index is 1050. The summed E-state index contributed by atoms with van der Waals surface area (Å²) >= 11 is 0. The molecule has 0 spiro atoms. The molecule has 0 aromatic carbocycles. The average molecular weight is 735 g/mol. The number of carbonyl (C=O) groups is 2. The topological polar surface area (TPSA) is 119 Å². The van der Waals surface area contributed by atoms with Crippen LogP contribution in [0.25, 0.3) is 0 Å². The van der Waals surface area contributed by atoms with Crippen LogP contribution in [0.2, 0.25) is 0 Å². The monoisotopic (exact) mass is 734 g/mol. The molecule has 0 aromatic rings. The van der Waals surface area contributed by atoms with Gasteiger partial charge in [-0.05, 0) is 77.0 Å². The third-order valence-corrected chi connectivity index (χ3v) is 8.45. The van der Waals surface area contributed by atoms with Crippen LogP contribution in [0.15, 0.2) is 72.9 Å². The number of carbonyl (C=O) groups excluding carboxylic acids is 2. The van der Waals surface area contributed by atoms with Gasteiger partial charge in [0.15, 0.2) is 6.10 Å². The Morgan fingerprint density at radius 3 is 1.45 bits per heavy atom. The first-order valence-corrected chi connectivity index (χ1v) is 21.3. The summed E-state index contributed by atoms with van der Waals surface area (Å²) in [5.74, 6) is -0.997. The molecule has 0 saturated carbocycles. The minimum atomic E-state index is -4.78. The average Bonchev–Trinajstić information content (AvgIpc) is 3.10.